The van der Waals surface area contributed by atoms with E-state index in [4.69, 9.17) is 9.47 Å². The number of nitrogens with one attached hydrogen (secondary N) is 1. The van der Waals surface area contributed by atoms with Crippen molar-refractivity contribution in [2.24, 2.45) is 0 Å². The van der Waals surface area contributed by atoms with Gasteiger partial charge in [0.2, 0.25) is 0 Å². The highest BCUT2D eigenvalue weighted by atomic mass is 16.5. The van der Waals surface area contributed by atoms with Gasteiger partial charge in [0.05, 0.1) is 19.8 Å². The Hall–Kier alpha value is -1.71. The van der Waals surface area contributed by atoms with E-state index >= 15 is 0 Å². The van der Waals surface area contributed by atoms with Gasteiger partial charge in [0.1, 0.15) is 11.5 Å². The Bertz CT molecular complexity index is 404. The van der Waals surface area contributed by atoms with Gasteiger partial charge in [-0.05, 0) is 24.6 Å². The van der Waals surface area contributed by atoms with Crippen molar-refractivity contribution in [1.29, 1.82) is 0 Å². The summed E-state index contributed by atoms with van der Waals surface area (Å²) in [7, 11) is 3.13. The molecular formula is C15H23NO3. The van der Waals surface area contributed by atoms with E-state index in [0.29, 0.717) is 23.6 Å². The van der Waals surface area contributed by atoms with Crippen molar-refractivity contribution in [2.45, 2.75) is 32.6 Å². The van der Waals surface area contributed by atoms with E-state index in [-0.39, 0.29) is 5.91 Å². The van der Waals surface area contributed by atoms with Crippen molar-refractivity contribution >= 4 is 5.91 Å². The Morgan fingerprint density at radius 1 is 1.16 bits per heavy atom. The van der Waals surface area contributed by atoms with Crippen LogP contribution in [0.15, 0.2) is 18.2 Å². The predicted octanol–water partition coefficient (Wildman–Crippen LogP) is 3.01. The maximum Gasteiger partial charge on any atom is 0.255 e. The summed E-state index contributed by atoms with van der Waals surface area (Å²) in [5.41, 5.74) is 0.511. The van der Waals surface area contributed by atoms with Gasteiger partial charge < -0.3 is 14.8 Å². The van der Waals surface area contributed by atoms with Crippen molar-refractivity contribution < 1.29 is 14.3 Å². The van der Waals surface area contributed by atoms with Crippen molar-refractivity contribution in [3.63, 3.8) is 0 Å². The van der Waals surface area contributed by atoms with Crippen molar-refractivity contribution in [3.05, 3.63) is 23.8 Å². The van der Waals surface area contributed by atoms with Gasteiger partial charge in [-0.15, -0.1) is 0 Å². The number of carbonyl (C=O) groups excluding carboxylic acids is 1. The molecule has 0 spiro atoms. The highest BCUT2D eigenvalue weighted by Gasteiger charge is 2.12. The lowest BCUT2D eigenvalue weighted by molar-refractivity contribution is 0.0949. The third kappa shape index (κ3) is 4.81. The molecule has 0 aliphatic carbocycles. The lowest BCUT2D eigenvalue weighted by atomic mass is 10.1. The van der Waals surface area contributed by atoms with Gasteiger partial charge in [0.25, 0.3) is 5.91 Å². The van der Waals surface area contributed by atoms with E-state index in [1.807, 2.05) is 0 Å². The summed E-state index contributed by atoms with van der Waals surface area (Å²) in [4.78, 5) is 12.1. The fourth-order valence-electron chi connectivity index (χ4n) is 1.84. The van der Waals surface area contributed by atoms with E-state index in [9.17, 15) is 4.79 Å². The molecule has 1 aromatic carbocycles. The van der Waals surface area contributed by atoms with Crippen LogP contribution < -0.4 is 14.8 Å². The summed E-state index contributed by atoms with van der Waals surface area (Å²) in [6.07, 6.45) is 4.55. The third-order valence-corrected chi connectivity index (χ3v) is 2.97. The predicted molar refractivity (Wildman–Crippen MR) is 76.0 cm³/mol. The van der Waals surface area contributed by atoms with Gasteiger partial charge in [0, 0.05) is 6.54 Å². The number of amides is 1. The van der Waals surface area contributed by atoms with Crippen molar-refractivity contribution in [2.75, 3.05) is 20.8 Å². The number of unbranched alkanes of at least 4 members (excludes halogenated alkanes) is 3. The van der Waals surface area contributed by atoms with E-state index < -0.39 is 0 Å². The number of rotatable bonds is 8. The lowest BCUT2D eigenvalue weighted by Gasteiger charge is -2.10. The maximum atomic E-state index is 12.1. The molecule has 4 nitrogen and oxygen atoms in total. The smallest absolute Gasteiger partial charge is 0.255 e. The Labute approximate surface area is 115 Å². The first-order valence-corrected chi connectivity index (χ1v) is 6.73. The molecule has 1 amide bonds. The Kier molecular flexibility index (Phi) is 6.79. The first-order chi connectivity index (χ1) is 9.22. The molecule has 1 N–H and O–H groups in total. The number of hydrogen-bond donors (Lipinski definition) is 1. The van der Waals surface area contributed by atoms with Gasteiger partial charge in [0.15, 0.2) is 0 Å². The highest BCUT2D eigenvalue weighted by Crippen LogP contribution is 2.23. The van der Waals surface area contributed by atoms with Gasteiger partial charge in [-0.1, -0.05) is 26.2 Å². The molecule has 1 rings (SSSR count). The van der Waals surface area contributed by atoms with Crippen LogP contribution in [0.25, 0.3) is 0 Å². The number of methoxy groups -OCH3 is 2. The average Bonchev–Trinajstić information content (AvgIpc) is 2.46. The van der Waals surface area contributed by atoms with Crippen molar-refractivity contribution in [3.8, 4) is 11.5 Å². The molecule has 0 saturated carbocycles. The fraction of sp³-hybridized carbons (Fsp3) is 0.533. The fourth-order valence-corrected chi connectivity index (χ4v) is 1.84. The van der Waals surface area contributed by atoms with Crippen LogP contribution in [0.4, 0.5) is 0 Å². The van der Waals surface area contributed by atoms with E-state index in [1.165, 1.54) is 12.8 Å². The van der Waals surface area contributed by atoms with Gasteiger partial charge in [-0.2, -0.15) is 0 Å². The first kappa shape index (κ1) is 15.3. The van der Waals surface area contributed by atoms with Crippen LogP contribution in [0.3, 0.4) is 0 Å². The minimum atomic E-state index is -0.118. The monoisotopic (exact) mass is 265 g/mol. The number of benzene rings is 1. The second kappa shape index (κ2) is 8.40. The molecule has 0 aliphatic rings. The number of hydrogen-bond acceptors (Lipinski definition) is 3. The second-order valence-corrected chi connectivity index (χ2v) is 4.38. The number of ether oxygens (including phenoxy) is 2. The van der Waals surface area contributed by atoms with E-state index in [0.717, 1.165) is 12.8 Å². The van der Waals surface area contributed by atoms with Crippen LogP contribution >= 0.6 is 0 Å². The zero-order chi connectivity index (χ0) is 14.1. The summed E-state index contributed by atoms with van der Waals surface area (Å²) < 4.78 is 10.3. The summed E-state index contributed by atoms with van der Waals surface area (Å²) >= 11 is 0. The van der Waals surface area contributed by atoms with Gasteiger partial charge >= 0.3 is 0 Å². The Morgan fingerprint density at radius 2 is 1.95 bits per heavy atom. The second-order valence-electron chi connectivity index (χ2n) is 4.38. The van der Waals surface area contributed by atoms with Gasteiger partial charge in [-0.25, -0.2) is 0 Å². The van der Waals surface area contributed by atoms with Crippen LogP contribution in [0.5, 0.6) is 11.5 Å². The molecule has 19 heavy (non-hydrogen) atoms. The van der Waals surface area contributed by atoms with Crippen LogP contribution in [-0.2, 0) is 0 Å². The van der Waals surface area contributed by atoms with Crippen molar-refractivity contribution in [1.82, 2.24) is 5.32 Å². The molecule has 0 unspecified atom stereocenters. The lowest BCUT2D eigenvalue weighted by Crippen LogP contribution is -2.25. The summed E-state index contributed by atoms with van der Waals surface area (Å²) in [5.74, 6) is 1.09. The van der Waals surface area contributed by atoms with Crippen LogP contribution in [0, 0.1) is 0 Å². The minimum absolute atomic E-state index is 0.118. The minimum Gasteiger partial charge on any atom is -0.497 e. The largest absolute Gasteiger partial charge is 0.497 e. The summed E-state index contributed by atoms with van der Waals surface area (Å²) in [6.45, 7) is 2.86. The molecule has 0 heterocycles. The summed E-state index contributed by atoms with van der Waals surface area (Å²) in [6, 6.07) is 5.21. The zero-order valence-corrected chi connectivity index (χ0v) is 12.0. The van der Waals surface area contributed by atoms with Crippen LogP contribution in [0.1, 0.15) is 43.0 Å². The highest BCUT2D eigenvalue weighted by molar-refractivity contribution is 5.97. The Morgan fingerprint density at radius 3 is 2.58 bits per heavy atom. The molecule has 106 valence electrons. The van der Waals surface area contributed by atoms with Crippen LogP contribution in [0.2, 0.25) is 0 Å². The summed E-state index contributed by atoms with van der Waals surface area (Å²) in [5, 5.41) is 2.91. The first-order valence-electron chi connectivity index (χ1n) is 6.73. The SMILES string of the molecule is CCCCCCNC(=O)c1cc(OC)ccc1OC. The Balaban J connectivity index is 2.59. The maximum absolute atomic E-state index is 12.1. The van der Waals surface area contributed by atoms with E-state index in [2.05, 4.69) is 12.2 Å². The number of carbonyl (C=O) groups is 1. The quantitative estimate of drug-likeness (QED) is 0.735. The molecular weight excluding hydrogens is 242 g/mol. The molecule has 0 radical (unpaired) electrons. The van der Waals surface area contributed by atoms with Gasteiger partial charge in [-0.3, -0.25) is 4.79 Å². The van der Waals surface area contributed by atoms with E-state index in [1.54, 1.807) is 32.4 Å². The molecule has 0 aliphatic heterocycles. The molecule has 0 atom stereocenters. The molecule has 0 bridgehead atoms. The molecule has 4 heteroatoms. The molecule has 0 fully saturated rings. The standard InChI is InChI=1S/C15H23NO3/c1-4-5-6-7-10-16-15(17)13-11-12(18-2)8-9-14(13)19-3/h8-9,11H,4-7,10H2,1-3H3,(H,16,17). The topological polar surface area (TPSA) is 47.6 Å². The zero-order valence-electron chi connectivity index (χ0n) is 12.0. The van der Waals surface area contributed by atoms with Crippen LogP contribution in [-0.4, -0.2) is 26.7 Å². The molecule has 0 aromatic heterocycles. The third-order valence-electron chi connectivity index (χ3n) is 2.97. The molecule has 0 saturated heterocycles. The normalized spacial score (nSPS) is 10.1. The molecule has 1 aromatic rings. The average molecular weight is 265 g/mol.